The van der Waals surface area contributed by atoms with Crippen LogP contribution >= 0.6 is 23.4 Å². The van der Waals surface area contributed by atoms with Crippen molar-refractivity contribution in [1.29, 1.82) is 0 Å². The lowest BCUT2D eigenvalue weighted by molar-refractivity contribution is 0.375. The molecular weight excluding hydrogens is 168 g/mol. The number of aliphatic hydroxyl groups is 1. The second-order valence-electron chi connectivity index (χ2n) is 1.73. The lowest BCUT2D eigenvalue weighted by Crippen LogP contribution is -1.73. The number of rotatable bonds is 2. The van der Waals surface area contributed by atoms with Gasteiger partial charge in [0.1, 0.15) is 0 Å². The molecule has 3 heteroatoms. The topological polar surface area (TPSA) is 20.2 Å². The third kappa shape index (κ3) is 2.21. The molecule has 1 nitrogen and oxygen atoms in total. The SMILES string of the molecule is OCSc1cccc(Cl)c1. The highest BCUT2D eigenvalue weighted by atomic mass is 35.5. The molecule has 0 radical (unpaired) electrons. The maximum Gasteiger partial charge on any atom is 0.0932 e. The van der Waals surface area contributed by atoms with E-state index in [0.717, 1.165) is 4.90 Å². The van der Waals surface area contributed by atoms with Crippen LogP contribution in [0.2, 0.25) is 5.02 Å². The molecule has 0 amide bonds. The Kier molecular flexibility index (Phi) is 3.06. The van der Waals surface area contributed by atoms with Crippen LogP contribution in [-0.4, -0.2) is 11.0 Å². The minimum absolute atomic E-state index is 0.0976. The first-order valence-electron chi connectivity index (χ1n) is 2.82. The molecular formula is C7H7ClOS. The van der Waals surface area contributed by atoms with E-state index in [4.69, 9.17) is 16.7 Å². The van der Waals surface area contributed by atoms with Gasteiger partial charge >= 0.3 is 0 Å². The molecule has 0 aromatic heterocycles. The van der Waals surface area contributed by atoms with E-state index < -0.39 is 0 Å². The van der Waals surface area contributed by atoms with Crippen LogP contribution in [0, 0.1) is 0 Å². The van der Waals surface area contributed by atoms with Crippen molar-refractivity contribution in [2.45, 2.75) is 4.90 Å². The molecule has 0 fully saturated rings. The van der Waals surface area contributed by atoms with Crippen LogP contribution in [0.25, 0.3) is 0 Å². The fourth-order valence-corrected chi connectivity index (χ4v) is 1.42. The van der Waals surface area contributed by atoms with Gasteiger partial charge in [0.15, 0.2) is 0 Å². The molecule has 0 bridgehead atoms. The van der Waals surface area contributed by atoms with Crippen molar-refractivity contribution in [1.82, 2.24) is 0 Å². The summed E-state index contributed by atoms with van der Waals surface area (Å²) in [5, 5.41) is 9.24. The predicted octanol–water partition coefficient (Wildman–Crippen LogP) is 2.38. The molecule has 10 heavy (non-hydrogen) atoms. The van der Waals surface area contributed by atoms with Crippen LogP contribution in [-0.2, 0) is 0 Å². The van der Waals surface area contributed by atoms with Gasteiger partial charge in [0.25, 0.3) is 0 Å². The number of thioether (sulfide) groups is 1. The molecule has 0 atom stereocenters. The van der Waals surface area contributed by atoms with E-state index in [2.05, 4.69) is 0 Å². The summed E-state index contributed by atoms with van der Waals surface area (Å²) in [6.07, 6.45) is 0. The van der Waals surface area contributed by atoms with Gasteiger partial charge < -0.3 is 5.11 Å². The Hall–Kier alpha value is -0.180. The zero-order chi connectivity index (χ0) is 7.40. The predicted molar refractivity (Wildman–Crippen MR) is 44.4 cm³/mol. The van der Waals surface area contributed by atoms with E-state index in [1.807, 2.05) is 24.3 Å². The third-order valence-corrected chi connectivity index (χ3v) is 1.98. The molecule has 1 rings (SSSR count). The first kappa shape index (κ1) is 7.92. The Bertz CT molecular complexity index is 215. The number of hydrogen-bond acceptors (Lipinski definition) is 2. The molecule has 0 saturated carbocycles. The molecule has 1 aromatic carbocycles. The normalized spacial score (nSPS) is 9.80. The van der Waals surface area contributed by atoms with Crippen molar-refractivity contribution in [3.8, 4) is 0 Å². The van der Waals surface area contributed by atoms with Gasteiger partial charge in [0.2, 0.25) is 0 Å². The Morgan fingerprint density at radius 3 is 2.90 bits per heavy atom. The number of aliphatic hydroxyl groups excluding tert-OH is 1. The largest absolute Gasteiger partial charge is 0.385 e. The van der Waals surface area contributed by atoms with E-state index in [-0.39, 0.29) is 5.94 Å². The average Bonchev–Trinajstić information content (AvgIpc) is 1.88. The first-order chi connectivity index (χ1) is 4.83. The summed E-state index contributed by atoms with van der Waals surface area (Å²) in [6.45, 7) is 0. The lowest BCUT2D eigenvalue weighted by atomic mass is 10.4. The van der Waals surface area contributed by atoms with Crippen molar-refractivity contribution in [3.63, 3.8) is 0 Å². The number of hydrogen-bond donors (Lipinski definition) is 1. The second kappa shape index (κ2) is 3.86. The number of halogens is 1. The summed E-state index contributed by atoms with van der Waals surface area (Å²) in [7, 11) is 0. The highest BCUT2D eigenvalue weighted by Gasteiger charge is 1.91. The summed E-state index contributed by atoms with van der Waals surface area (Å²) >= 11 is 7.05. The minimum atomic E-state index is 0.0976. The molecule has 0 heterocycles. The van der Waals surface area contributed by atoms with Crippen molar-refractivity contribution in [3.05, 3.63) is 29.3 Å². The third-order valence-electron chi connectivity index (χ3n) is 1.03. The van der Waals surface area contributed by atoms with Crippen molar-refractivity contribution in [2.24, 2.45) is 0 Å². The standard InChI is InChI=1S/C7H7ClOS/c8-6-2-1-3-7(4-6)10-5-9/h1-4,9H,5H2. The van der Waals surface area contributed by atoms with Gasteiger partial charge in [-0.2, -0.15) is 0 Å². The molecule has 0 aliphatic heterocycles. The molecule has 0 aliphatic carbocycles. The number of benzene rings is 1. The van der Waals surface area contributed by atoms with Crippen LogP contribution in [0.3, 0.4) is 0 Å². The van der Waals surface area contributed by atoms with Gasteiger partial charge in [0, 0.05) is 9.92 Å². The van der Waals surface area contributed by atoms with E-state index in [1.165, 1.54) is 11.8 Å². The Morgan fingerprint density at radius 2 is 2.30 bits per heavy atom. The average molecular weight is 175 g/mol. The summed E-state index contributed by atoms with van der Waals surface area (Å²) in [4.78, 5) is 0.995. The maximum absolute atomic E-state index is 8.53. The Labute approximate surface area is 69.0 Å². The zero-order valence-electron chi connectivity index (χ0n) is 5.25. The van der Waals surface area contributed by atoms with Crippen molar-refractivity contribution >= 4 is 23.4 Å². The van der Waals surface area contributed by atoms with E-state index in [1.54, 1.807) is 0 Å². The Morgan fingerprint density at radius 1 is 1.50 bits per heavy atom. The maximum atomic E-state index is 8.53. The van der Waals surface area contributed by atoms with Gasteiger partial charge in [-0.25, -0.2) is 0 Å². The van der Waals surface area contributed by atoms with E-state index in [9.17, 15) is 0 Å². The molecule has 0 aliphatic rings. The molecule has 0 saturated heterocycles. The fraction of sp³-hybridized carbons (Fsp3) is 0.143. The zero-order valence-corrected chi connectivity index (χ0v) is 6.82. The van der Waals surface area contributed by atoms with Crippen LogP contribution in [0.5, 0.6) is 0 Å². The smallest absolute Gasteiger partial charge is 0.0932 e. The summed E-state index contributed by atoms with van der Waals surface area (Å²) in [5.74, 6) is 0.0976. The lowest BCUT2D eigenvalue weighted by Gasteiger charge is -1.95. The van der Waals surface area contributed by atoms with Crippen molar-refractivity contribution in [2.75, 3.05) is 5.94 Å². The van der Waals surface area contributed by atoms with Gasteiger partial charge in [-0.05, 0) is 18.2 Å². The van der Waals surface area contributed by atoms with Gasteiger partial charge in [-0.1, -0.05) is 29.4 Å². The fourth-order valence-electron chi connectivity index (χ4n) is 0.631. The van der Waals surface area contributed by atoms with Gasteiger partial charge in [0.05, 0.1) is 5.94 Å². The van der Waals surface area contributed by atoms with Gasteiger partial charge in [-0.3, -0.25) is 0 Å². The second-order valence-corrected chi connectivity index (χ2v) is 3.19. The molecule has 0 spiro atoms. The molecule has 1 N–H and O–H groups in total. The summed E-state index contributed by atoms with van der Waals surface area (Å²) in [6, 6.07) is 7.40. The van der Waals surface area contributed by atoms with E-state index in [0.29, 0.717) is 5.02 Å². The summed E-state index contributed by atoms with van der Waals surface area (Å²) < 4.78 is 0. The van der Waals surface area contributed by atoms with Crippen LogP contribution in [0.1, 0.15) is 0 Å². The van der Waals surface area contributed by atoms with Crippen molar-refractivity contribution < 1.29 is 5.11 Å². The highest BCUT2D eigenvalue weighted by Crippen LogP contribution is 2.20. The van der Waals surface area contributed by atoms with Gasteiger partial charge in [-0.15, -0.1) is 0 Å². The van der Waals surface area contributed by atoms with Crippen LogP contribution < -0.4 is 0 Å². The first-order valence-corrected chi connectivity index (χ1v) is 4.18. The monoisotopic (exact) mass is 174 g/mol. The van der Waals surface area contributed by atoms with Crippen LogP contribution in [0.4, 0.5) is 0 Å². The minimum Gasteiger partial charge on any atom is -0.385 e. The molecule has 1 aromatic rings. The van der Waals surface area contributed by atoms with Crippen LogP contribution in [0.15, 0.2) is 29.2 Å². The Balaban J connectivity index is 2.75. The quantitative estimate of drug-likeness (QED) is 0.549. The van der Waals surface area contributed by atoms with E-state index >= 15 is 0 Å². The highest BCUT2D eigenvalue weighted by molar-refractivity contribution is 7.99. The molecule has 0 unspecified atom stereocenters. The molecule has 54 valence electrons. The summed E-state index contributed by atoms with van der Waals surface area (Å²) in [5.41, 5.74) is 0.